The van der Waals surface area contributed by atoms with Crippen molar-refractivity contribution in [2.75, 3.05) is 10.7 Å². The molecule has 4 N–H and O–H groups in total. The lowest BCUT2D eigenvalue weighted by atomic mass is 10.1. The van der Waals surface area contributed by atoms with Gasteiger partial charge in [0.05, 0.1) is 5.69 Å². The van der Waals surface area contributed by atoms with E-state index in [4.69, 9.17) is 5.84 Å². The Balaban J connectivity index is 1.93. The fourth-order valence-corrected chi connectivity index (χ4v) is 2.17. The number of hydrazine groups is 1. The van der Waals surface area contributed by atoms with Crippen LogP contribution in [0.25, 0.3) is 10.8 Å². The Bertz CT molecular complexity index is 796. The minimum absolute atomic E-state index is 0.275. The van der Waals surface area contributed by atoms with Crippen molar-refractivity contribution in [1.82, 2.24) is 4.98 Å². The molecule has 0 aliphatic rings. The molecular formula is C16H14N4O. The molecule has 5 heteroatoms. The molecule has 0 fully saturated rings. The lowest BCUT2D eigenvalue weighted by molar-refractivity contribution is 0.102. The molecule has 0 saturated heterocycles. The summed E-state index contributed by atoms with van der Waals surface area (Å²) in [6.07, 6.45) is 1.53. The highest BCUT2D eigenvalue weighted by atomic mass is 16.1. The van der Waals surface area contributed by atoms with Crippen molar-refractivity contribution >= 4 is 28.1 Å². The Labute approximate surface area is 121 Å². The Morgan fingerprint density at radius 3 is 2.71 bits per heavy atom. The van der Waals surface area contributed by atoms with Crippen molar-refractivity contribution in [3.05, 3.63) is 66.5 Å². The molecule has 1 amide bonds. The van der Waals surface area contributed by atoms with Gasteiger partial charge in [-0.25, -0.2) is 0 Å². The van der Waals surface area contributed by atoms with E-state index in [2.05, 4.69) is 15.7 Å². The van der Waals surface area contributed by atoms with Gasteiger partial charge in [-0.2, -0.15) is 0 Å². The number of nitrogen functional groups attached to an aromatic ring is 1. The molecule has 0 aliphatic carbocycles. The van der Waals surface area contributed by atoms with Crippen LogP contribution in [-0.4, -0.2) is 10.9 Å². The van der Waals surface area contributed by atoms with Gasteiger partial charge in [0.1, 0.15) is 5.69 Å². The summed E-state index contributed by atoms with van der Waals surface area (Å²) in [5.74, 6) is 5.06. The summed E-state index contributed by atoms with van der Waals surface area (Å²) in [4.78, 5) is 16.3. The third-order valence-electron chi connectivity index (χ3n) is 3.20. The number of anilines is 2. The second-order valence-corrected chi connectivity index (χ2v) is 4.55. The number of hydrogen-bond donors (Lipinski definition) is 3. The number of rotatable bonds is 3. The summed E-state index contributed by atoms with van der Waals surface area (Å²) >= 11 is 0. The molecule has 0 unspecified atom stereocenters. The summed E-state index contributed by atoms with van der Waals surface area (Å²) in [7, 11) is 0. The second-order valence-electron chi connectivity index (χ2n) is 4.55. The van der Waals surface area contributed by atoms with E-state index < -0.39 is 0 Å². The molecular weight excluding hydrogens is 264 g/mol. The van der Waals surface area contributed by atoms with Crippen molar-refractivity contribution in [3.8, 4) is 0 Å². The molecule has 21 heavy (non-hydrogen) atoms. The number of fused-ring (bicyclic) bond motifs is 1. The average molecular weight is 278 g/mol. The van der Waals surface area contributed by atoms with Crippen LogP contribution in [0.4, 0.5) is 11.4 Å². The van der Waals surface area contributed by atoms with E-state index in [1.165, 1.54) is 6.20 Å². The summed E-state index contributed by atoms with van der Waals surface area (Å²) in [6, 6.07) is 16.9. The van der Waals surface area contributed by atoms with Gasteiger partial charge >= 0.3 is 0 Å². The molecule has 3 aromatic rings. The van der Waals surface area contributed by atoms with Crippen LogP contribution in [0.2, 0.25) is 0 Å². The van der Waals surface area contributed by atoms with E-state index in [0.717, 1.165) is 16.5 Å². The number of nitrogens with two attached hydrogens (primary N) is 1. The van der Waals surface area contributed by atoms with Crippen LogP contribution in [-0.2, 0) is 0 Å². The highest BCUT2D eigenvalue weighted by Crippen LogP contribution is 2.23. The van der Waals surface area contributed by atoms with E-state index in [1.807, 2.05) is 42.5 Å². The van der Waals surface area contributed by atoms with Gasteiger partial charge in [-0.1, -0.05) is 36.4 Å². The van der Waals surface area contributed by atoms with Crippen molar-refractivity contribution < 1.29 is 4.79 Å². The average Bonchev–Trinajstić information content (AvgIpc) is 2.55. The standard InChI is InChI=1S/C16H14N4O/c17-20-12-8-9-18-15(10-12)16(21)19-14-7-3-5-11-4-1-2-6-13(11)14/h1-10H,17H2,(H,18,20)(H,19,21). The number of carbonyl (C=O) groups is 1. The smallest absolute Gasteiger partial charge is 0.274 e. The zero-order valence-corrected chi connectivity index (χ0v) is 11.2. The van der Waals surface area contributed by atoms with Crippen LogP contribution in [0.1, 0.15) is 10.5 Å². The number of aromatic nitrogens is 1. The first kappa shape index (κ1) is 13.1. The zero-order chi connectivity index (χ0) is 14.7. The molecule has 0 spiro atoms. The van der Waals surface area contributed by atoms with E-state index in [-0.39, 0.29) is 5.91 Å². The number of nitrogens with zero attached hydrogens (tertiary/aromatic N) is 1. The fourth-order valence-electron chi connectivity index (χ4n) is 2.17. The number of amides is 1. The van der Waals surface area contributed by atoms with Gasteiger partial charge in [-0.05, 0) is 23.6 Å². The molecule has 2 aromatic carbocycles. The van der Waals surface area contributed by atoms with E-state index >= 15 is 0 Å². The van der Waals surface area contributed by atoms with E-state index in [1.54, 1.807) is 12.1 Å². The SMILES string of the molecule is NNc1ccnc(C(=O)Nc2cccc3ccccc23)c1. The lowest BCUT2D eigenvalue weighted by Gasteiger charge is -2.09. The zero-order valence-electron chi connectivity index (χ0n) is 11.2. The van der Waals surface area contributed by atoms with Gasteiger partial charge in [0.2, 0.25) is 0 Å². The van der Waals surface area contributed by atoms with Gasteiger partial charge in [0, 0.05) is 17.3 Å². The van der Waals surface area contributed by atoms with Crippen LogP contribution < -0.4 is 16.6 Å². The predicted molar refractivity (Wildman–Crippen MR) is 83.9 cm³/mol. The number of carbonyl (C=O) groups excluding carboxylic acids is 1. The number of hydrogen-bond acceptors (Lipinski definition) is 4. The largest absolute Gasteiger partial charge is 0.324 e. The van der Waals surface area contributed by atoms with Crippen LogP contribution in [0.15, 0.2) is 60.8 Å². The van der Waals surface area contributed by atoms with Crippen molar-refractivity contribution in [2.45, 2.75) is 0 Å². The minimum atomic E-state index is -0.275. The number of pyridine rings is 1. The Hall–Kier alpha value is -2.92. The van der Waals surface area contributed by atoms with Crippen molar-refractivity contribution in [2.24, 2.45) is 5.84 Å². The highest BCUT2D eigenvalue weighted by molar-refractivity contribution is 6.08. The molecule has 0 atom stereocenters. The van der Waals surface area contributed by atoms with Crippen molar-refractivity contribution in [1.29, 1.82) is 0 Å². The van der Waals surface area contributed by atoms with Crippen LogP contribution in [0.3, 0.4) is 0 Å². The van der Waals surface area contributed by atoms with Crippen molar-refractivity contribution in [3.63, 3.8) is 0 Å². The van der Waals surface area contributed by atoms with Gasteiger partial charge in [0.25, 0.3) is 5.91 Å². The maximum absolute atomic E-state index is 12.3. The van der Waals surface area contributed by atoms with Crippen LogP contribution in [0.5, 0.6) is 0 Å². The highest BCUT2D eigenvalue weighted by Gasteiger charge is 2.10. The van der Waals surface area contributed by atoms with Gasteiger partial charge in [-0.15, -0.1) is 0 Å². The maximum atomic E-state index is 12.3. The van der Waals surface area contributed by atoms with Gasteiger partial charge < -0.3 is 10.7 Å². The van der Waals surface area contributed by atoms with Crippen LogP contribution >= 0.6 is 0 Å². The topological polar surface area (TPSA) is 80.0 Å². The predicted octanol–water partition coefficient (Wildman–Crippen LogP) is 2.77. The third-order valence-corrected chi connectivity index (χ3v) is 3.20. The number of benzene rings is 2. The molecule has 3 rings (SSSR count). The Morgan fingerprint density at radius 1 is 1.05 bits per heavy atom. The van der Waals surface area contributed by atoms with Gasteiger partial charge in [0.15, 0.2) is 0 Å². The molecule has 5 nitrogen and oxygen atoms in total. The Morgan fingerprint density at radius 2 is 1.86 bits per heavy atom. The summed E-state index contributed by atoms with van der Waals surface area (Å²) < 4.78 is 0. The molecule has 1 heterocycles. The Kier molecular flexibility index (Phi) is 3.49. The monoisotopic (exact) mass is 278 g/mol. The van der Waals surface area contributed by atoms with E-state index in [9.17, 15) is 4.79 Å². The molecule has 0 aliphatic heterocycles. The lowest BCUT2D eigenvalue weighted by Crippen LogP contribution is -2.15. The summed E-state index contributed by atoms with van der Waals surface area (Å²) in [5, 5.41) is 4.94. The first-order chi connectivity index (χ1) is 10.3. The molecule has 104 valence electrons. The van der Waals surface area contributed by atoms with Crippen LogP contribution in [0, 0.1) is 0 Å². The second kappa shape index (κ2) is 5.60. The fraction of sp³-hybridized carbons (Fsp3) is 0. The first-order valence-corrected chi connectivity index (χ1v) is 6.50. The molecule has 0 radical (unpaired) electrons. The first-order valence-electron chi connectivity index (χ1n) is 6.50. The quantitative estimate of drug-likeness (QED) is 0.508. The van der Waals surface area contributed by atoms with E-state index in [0.29, 0.717) is 11.4 Å². The maximum Gasteiger partial charge on any atom is 0.274 e. The molecule has 1 aromatic heterocycles. The third kappa shape index (κ3) is 2.68. The molecule has 0 bridgehead atoms. The molecule has 0 saturated carbocycles. The minimum Gasteiger partial charge on any atom is -0.324 e. The summed E-state index contributed by atoms with van der Waals surface area (Å²) in [5.41, 5.74) is 4.19. The normalized spacial score (nSPS) is 10.3. The number of nitrogens with one attached hydrogen (secondary N) is 2. The summed E-state index contributed by atoms with van der Waals surface area (Å²) in [6.45, 7) is 0. The van der Waals surface area contributed by atoms with Gasteiger partial charge in [-0.3, -0.25) is 15.6 Å².